The van der Waals surface area contributed by atoms with Gasteiger partial charge in [-0.2, -0.15) is 0 Å². The summed E-state index contributed by atoms with van der Waals surface area (Å²) in [5, 5.41) is 5.77. The van der Waals surface area contributed by atoms with Crippen molar-refractivity contribution in [2.24, 2.45) is 5.92 Å². The predicted octanol–water partition coefficient (Wildman–Crippen LogP) is 3.42. The molecular formula is C21H24N2O2. The maximum atomic E-state index is 12.4. The SMILES string of the molecule is CCNC(=O)Cc1ccc(NC(=O)[C@H]2C[C@H]2c2ccccc2C)cc1. The second kappa shape index (κ2) is 7.51. The molecule has 25 heavy (non-hydrogen) atoms. The van der Waals surface area contributed by atoms with Crippen molar-refractivity contribution in [2.75, 3.05) is 11.9 Å². The van der Waals surface area contributed by atoms with Gasteiger partial charge in [0.1, 0.15) is 0 Å². The fraction of sp³-hybridized carbons (Fsp3) is 0.333. The van der Waals surface area contributed by atoms with E-state index in [1.807, 2.05) is 43.3 Å². The van der Waals surface area contributed by atoms with Gasteiger partial charge in [0.15, 0.2) is 0 Å². The molecule has 4 heteroatoms. The molecule has 2 atom stereocenters. The Hall–Kier alpha value is -2.62. The summed E-state index contributed by atoms with van der Waals surface area (Å²) in [6.45, 7) is 4.63. The molecule has 1 fully saturated rings. The molecule has 1 saturated carbocycles. The molecule has 130 valence electrons. The van der Waals surface area contributed by atoms with Gasteiger partial charge in [-0.25, -0.2) is 0 Å². The summed E-state index contributed by atoms with van der Waals surface area (Å²) < 4.78 is 0. The zero-order chi connectivity index (χ0) is 17.8. The molecule has 0 aromatic heterocycles. The molecule has 0 saturated heterocycles. The third-order valence-corrected chi connectivity index (χ3v) is 4.68. The average Bonchev–Trinajstić information content (AvgIpc) is 3.38. The number of carbonyl (C=O) groups is 2. The summed E-state index contributed by atoms with van der Waals surface area (Å²) >= 11 is 0. The molecule has 4 nitrogen and oxygen atoms in total. The Morgan fingerprint density at radius 2 is 1.80 bits per heavy atom. The highest BCUT2D eigenvalue weighted by atomic mass is 16.2. The second-order valence-corrected chi connectivity index (χ2v) is 6.62. The van der Waals surface area contributed by atoms with Gasteiger partial charge in [-0.05, 0) is 55.0 Å². The van der Waals surface area contributed by atoms with E-state index in [4.69, 9.17) is 0 Å². The fourth-order valence-corrected chi connectivity index (χ4v) is 3.22. The lowest BCUT2D eigenvalue weighted by Gasteiger charge is -2.08. The van der Waals surface area contributed by atoms with Gasteiger partial charge in [-0.1, -0.05) is 36.4 Å². The van der Waals surface area contributed by atoms with Crippen molar-refractivity contribution in [3.05, 3.63) is 65.2 Å². The van der Waals surface area contributed by atoms with E-state index in [-0.39, 0.29) is 17.7 Å². The van der Waals surface area contributed by atoms with Crippen LogP contribution in [0.15, 0.2) is 48.5 Å². The average molecular weight is 336 g/mol. The van der Waals surface area contributed by atoms with Crippen molar-refractivity contribution >= 4 is 17.5 Å². The third kappa shape index (κ3) is 4.27. The Morgan fingerprint density at radius 1 is 1.08 bits per heavy atom. The normalized spacial score (nSPS) is 18.5. The summed E-state index contributed by atoms with van der Waals surface area (Å²) in [4.78, 5) is 24.0. The number of aryl methyl sites for hydroxylation is 1. The lowest BCUT2D eigenvalue weighted by molar-refractivity contribution is -0.120. The van der Waals surface area contributed by atoms with Crippen molar-refractivity contribution in [3.63, 3.8) is 0 Å². The monoisotopic (exact) mass is 336 g/mol. The van der Waals surface area contributed by atoms with Gasteiger partial charge in [0.05, 0.1) is 6.42 Å². The number of nitrogens with one attached hydrogen (secondary N) is 2. The van der Waals surface area contributed by atoms with Gasteiger partial charge in [0.2, 0.25) is 11.8 Å². The first kappa shape index (κ1) is 17.2. The standard InChI is InChI=1S/C21H24N2O2/c1-3-22-20(24)12-15-8-10-16(11-9-15)23-21(25)19-13-18(19)17-7-5-4-6-14(17)2/h4-11,18-19H,3,12-13H2,1-2H3,(H,22,24)(H,23,25)/t18-,19-/m0/s1. The molecule has 0 spiro atoms. The molecule has 0 bridgehead atoms. The van der Waals surface area contributed by atoms with Crippen LogP contribution < -0.4 is 10.6 Å². The van der Waals surface area contributed by atoms with E-state index in [1.54, 1.807) is 0 Å². The minimum Gasteiger partial charge on any atom is -0.356 e. The molecule has 2 N–H and O–H groups in total. The predicted molar refractivity (Wildman–Crippen MR) is 99.5 cm³/mol. The molecule has 0 radical (unpaired) electrons. The minimum absolute atomic E-state index is 0.0124. The number of hydrogen-bond acceptors (Lipinski definition) is 2. The van der Waals surface area contributed by atoms with Crippen molar-refractivity contribution in [1.29, 1.82) is 0 Å². The van der Waals surface area contributed by atoms with Crippen molar-refractivity contribution in [3.8, 4) is 0 Å². The highest BCUT2D eigenvalue weighted by Crippen LogP contribution is 2.48. The molecule has 0 heterocycles. The molecule has 1 aliphatic rings. The highest BCUT2D eigenvalue weighted by molar-refractivity contribution is 5.95. The van der Waals surface area contributed by atoms with Gasteiger partial charge < -0.3 is 10.6 Å². The number of likely N-dealkylation sites (N-methyl/N-ethyl adjacent to an activating group) is 1. The maximum Gasteiger partial charge on any atom is 0.228 e. The number of anilines is 1. The van der Waals surface area contributed by atoms with E-state index >= 15 is 0 Å². The van der Waals surface area contributed by atoms with E-state index in [9.17, 15) is 9.59 Å². The van der Waals surface area contributed by atoms with Crippen LogP contribution in [0.1, 0.15) is 36.0 Å². The largest absolute Gasteiger partial charge is 0.356 e. The van der Waals surface area contributed by atoms with Crippen LogP contribution in [0.3, 0.4) is 0 Å². The number of benzene rings is 2. The number of hydrogen-bond donors (Lipinski definition) is 2. The van der Waals surface area contributed by atoms with Crippen molar-refractivity contribution in [2.45, 2.75) is 32.6 Å². The molecule has 1 aliphatic carbocycles. The topological polar surface area (TPSA) is 58.2 Å². The highest BCUT2D eigenvalue weighted by Gasteiger charge is 2.44. The Balaban J connectivity index is 1.55. The Morgan fingerprint density at radius 3 is 2.48 bits per heavy atom. The van der Waals surface area contributed by atoms with Gasteiger partial charge in [0, 0.05) is 18.2 Å². The molecule has 0 unspecified atom stereocenters. The van der Waals surface area contributed by atoms with Crippen LogP contribution in [0.5, 0.6) is 0 Å². The lowest BCUT2D eigenvalue weighted by atomic mass is 10.0. The van der Waals surface area contributed by atoms with Crippen LogP contribution in [0.25, 0.3) is 0 Å². The molecule has 0 aliphatic heterocycles. The maximum absolute atomic E-state index is 12.4. The Kier molecular flexibility index (Phi) is 5.17. The molecular weight excluding hydrogens is 312 g/mol. The number of carbonyl (C=O) groups excluding carboxylic acids is 2. The molecule has 3 rings (SSSR count). The number of rotatable bonds is 6. The van der Waals surface area contributed by atoms with Crippen LogP contribution in [0.4, 0.5) is 5.69 Å². The van der Waals surface area contributed by atoms with E-state index in [2.05, 4.69) is 29.7 Å². The van der Waals surface area contributed by atoms with Crippen LogP contribution in [-0.2, 0) is 16.0 Å². The first-order chi connectivity index (χ1) is 12.1. The van der Waals surface area contributed by atoms with Gasteiger partial charge in [-0.15, -0.1) is 0 Å². The van der Waals surface area contributed by atoms with Crippen molar-refractivity contribution < 1.29 is 9.59 Å². The third-order valence-electron chi connectivity index (χ3n) is 4.68. The second-order valence-electron chi connectivity index (χ2n) is 6.62. The van der Waals surface area contributed by atoms with E-state index in [0.717, 1.165) is 17.7 Å². The summed E-state index contributed by atoms with van der Waals surface area (Å²) in [6, 6.07) is 15.8. The lowest BCUT2D eigenvalue weighted by Crippen LogP contribution is -2.24. The minimum atomic E-state index is 0.0124. The summed E-state index contributed by atoms with van der Waals surface area (Å²) in [6.07, 6.45) is 1.27. The zero-order valence-corrected chi connectivity index (χ0v) is 14.7. The van der Waals surface area contributed by atoms with Crippen LogP contribution in [0, 0.1) is 12.8 Å². The Labute approximate surface area is 148 Å². The van der Waals surface area contributed by atoms with Gasteiger partial charge >= 0.3 is 0 Å². The molecule has 2 aromatic rings. The van der Waals surface area contributed by atoms with E-state index < -0.39 is 0 Å². The smallest absolute Gasteiger partial charge is 0.228 e. The van der Waals surface area contributed by atoms with E-state index in [0.29, 0.717) is 18.9 Å². The Bertz CT molecular complexity index is 768. The quantitative estimate of drug-likeness (QED) is 0.849. The van der Waals surface area contributed by atoms with Crippen LogP contribution in [0.2, 0.25) is 0 Å². The van der Waals surface area contributed by atoms with Crippen LogP contribution in [-0.4, -0.2) is 18.4 Å². The number of amides is 2. The summed E-state index contributed by atoms with van der Waals surface area (Å²) in [7, 11) is 0. The van der Waals surface area contributed by atoms with Gasteiger partial charge in [0.25, 0.3) is 0 Å². The van der Waals surface area contributed by atoms with Crippen molar-refractivity contribution in [1.82, 2.24) is 5.32 Å². The van der Waals surface area contributed by atoms with Gasteiger partial charge in [-0.3, -0.25) is 9.59 Å². The van der Waals surface area contributed by atoms with Crippen LogP contribution >= 0.6 is 0 Å². The first-order valence-electron chi connectivity index (χ1n) is 8.80. The fourth-order valence-electron chi connectivity index (χ4n) is 3.22. The summed E-state index contributed by atoms with van der Waals surface area (Å²) in [5.41, 5.74) is 4.24. The molecule has 2 amide bonds. The summed E-state index contributed by atoms with van der Waals surface area (Å²) in [5.74, 6) is 0.470. The first-order valence-corrected chi connectivity index (χ1v) is 8.80. The molecule has 2 aromatic carbocycles. The van der Waals surface area contributed by atoms with E-state index in [1.165, 1.54) is 11.1 Å². The zero-order valence-electron chi connectivity index (χ0n) is 14.7.